The number of nitrogens with two attached hydrogens (primary N) is 1. The van der Waals surface area contributed by atoms with Crippen LogP contribution in [0.4, 0.5) is 5.69 Å². The van der Waals surface area contributed by atoms with Crippen LogP contribution in [0, 0.1) is 15.5 Å². The van der Waals surface area contributed by atoms with Crippen LogP contribution in [0.3, 0.4) is 0 Å². The molecule has 0 spiro atoms. The summed E-state index contributed by atoms with van der Waals surface area (Å²) in [6.45, 7) is 0.212. The minimum absolute atomic E-state index is 0.0262. The van der Waals surface area contributed by atoms with Gasteiger partial charge in [-0.05, 0) is 23.8 Å². The van der Waals surface area contributed by atoms with E-state index in [0.717, 1.165) is 5.56 Å². The highest BCUT2D eigenvalue weighted by atomic mass is 16.6. The number of pyridine rings is 1. The molecule has 0 saturated heterocycles. The zero-order valence-corrected chi connectivity index (χ0v) is 10.4. The third-order valence-corrected chi connectivity index (χ3v) is 2.53. The highest BCUT2D eigenvalue weighted by molar-refractivity contribution is 5.93. The number of hydrogen-bond acceptors (Lipinski definition) is 5. The standard InChI is InChI=1S/C13H12N4O3/c14-13(15)12-6-9(4-5-16-12)8-20-11-3-1-2-10(7-11)17(18)19/h1-7H,8H2,(H3,14,15). The molecule has 1 aromatic heterocycles. The number of nitro groups is 1. The van der Waals surface area contributed by atoms with E-state index < -0.39 is 4.92 Å². The van der Waals surface area contributed by atoms with Crippen molar-refractivity contribution in [2.75, 3.05) is 0 Å². The van der Waals surface area contributed by atoms with Gasteiger partial charge in [0.15, 0.2) is 0 Å². The fourth-order valence-corrected chi connectivity index (χ4v) is 1.56. The number of amidine groups is 1. The quantitative estimate of drug-likeness (QED) is 0.373. The second-order valence-electron chi connectivity index (χ2n) is 4.01. The number of benzene rings is 1. The number of ether oxygens (including phenoxy) is 1. The van der Waals surface area contributed by atoms with Gasteiger partial charge in [-0.15, -0.1) is 0 Å². The van der Waals surface area contributed by atoms with Crippen molar-refractivity contribution in [1.29, 1.82) is 5.41 Å². The van der Waals surface area contributed by atoms with Crippen LogP contribution in [0.1, 0.15) is 11.3 Å². The van der Waals surface area contributed by atoms with Gasteiger partial charge >= 0.3 is 0 Å². The lowest BCUT2D eigenvalue weighted by molar-refractivity contribution is -0.384. The van der Waals surface area contributed by atoms with Gasteiger partial charge in [0, 0.05) is 12.3 Å². The van der Waals surface area contributed by atoms with E-state index in [-0.39, 0.29) is 18.1 Å². The SMILES string of the molecule is N=C(N)c1cc(COc2cccc([N+](=O)[O-])c2)ccn1. The largest absolute Gasteiger partial charge is 0.489 e. The predicted molar refractivity (Wildman–Crippen MR) is 72.7 cm³/mol. The monoisotopic (exact) mass is 272 g/mol. The van der Waals surface area contributed by atoms with Crippen LogP contribution in [0.5, 0.6) is 5.75 Å². The van der Waals surface area contributed by atoms with Gasteiger partial charge in [-0.3, -0.25) is 20.5 Å². The van der Waals surface area contributed by atoms with E-state index in [9.17, 15) is 10.1 Å². The van der Waals surface area contributed by atoms with Crippen molar-refractivity contribution in [2.45, 2.75) is 6.61 Å². The smallest absolute Gasteiger partial charge is 0.273 e. The van der Waals surface area contributed by atoms with Gasteiger partial charge in [-0.2, -0.15) is 0 Å². The Morgan fingerprint density at radius 2 is 2.20 bits per heavy atom. The second kappa shape index (κ2) is 5.79. The number of nitro benzene ring substituents is 1. The fourth-order valence-electron chi connectivity index (χ4n) is 1.56. The Labute approximate surface area is 114 Å². The Bertz CT molecular complexity index is 600. The molecule has 0 saturated carbocycles. The molecule has 0 bridgehead atoms. The first-order chi connectivity index (χ1) is 9.56. The Morgan fingerprint density at radius 3 is 2.90 bits per heavy atom. The van der Waals surface area contributed by atoms with E-state index in [0.29, 0.717) is 11.4 Å². The van der Waals surface area contributed by atoms with Crippen molar-refractivity contribution < 1.29 is 9.66 Å². The average molecular weight is 272 g/mol. The van der Waals surface area contributed by atoms with Crippen LogP contribution in [0.25, 0.3) is 0 Å². The minimum atomic E-state index is -0.479. The van der Waals surface area contributed by atoms with E-state index in [1.165, 1.54) is 18.3 Å². The molecule has 20 heavy (non-hydrogen) atoms. The van der Waals surface area contributed by atoms with Crippen molar-refractivity contribution >= 4 is 11.5 Å². The molecule has 0 fully saturated rings. The minimum Gasteiger partial charge on any atom is -0.489 e. The lowest BCUT2D eigenvalue weighted by Crippen LogP contribution is -2.13. The van der Waals surface area contributed by atoms with Crippen LogP contribution in [-0.4, -0.2) is 15.7 Å². The molecular formula is C13H12N4O3. The number of hydrogen-bond donors (Lipinski definition) is 2. The molecule has 7 nitrogen and oxygen atoms in total. The number of nitrogens with zero attached hydrogens (tertiary/aromatic N) is 2. The van der Waals surface area contributed by atoms with Crippen LogP contribution >= 0.6 is 0 Å². The third-order valence-electron chi connectivity index (χ3n) is 2.53. The van der Waals surface area contributed by atoms with E-state index in [1.54, 1.807) is 24.3 Å². The van der Waals surface area contributed by atoms with Crippen molar-refractivity contribution in [3.8, 4) is 5.75 Å². The van der Waals surface area contributed by atoms with Gasteiger partial charge in [0.25, 0.3) is 5.69 Å². The van der Waals surface area contributed by atoms with Crippen molar-refractivity contribution in [3.63, 3.8) is 0 Å². The second-order valence-corrected chi connectivity index (χ2v) is 4.01. The number of nitrogens with one attached hydrogen (secondary N) is 1. The Kier molecular flexibility index (Phi) is 3.90. The molecule has 102 valence electrons. The maximum Gasteiger partial charge on any atom is 0.273 e. The molecule has 0 aliphatic carbocycles. The first-order valence-corrected chi connectivity index (χ1v) is 5.73. The van der Waals surface area contributed by atoms with Crippen LogP contribution < -0.4 is 10.5 Å². The molecule has 0 amide bonds. The number of aromatic nitrogens is 1. The summed E-state index contributed by atoms with van der Waals surface area (Å²) < 4.78 is 5.47. The third kappa shape index (κ3) is 3.29. The molecular weight excluding hydrogens is 260 g/mol. The summed E-state index contributed by atoms with van der Waals surface area (Å²) in [5.41, 5.74) is 6.46. The summed E-state index contributed by atoms with van der Waals surface area (Å²) in [5.74, 6) is 0.280. The summed E-state index contributed by atoms with van der Waals surface area (Å²) in [5, 5.41) is 18.0. The van der Waals surface area contributed by atoms with Gasteiger partial charge in [-0.1, -0.05) is 6.07 Å². The van der Waals surface area contributed by atoms with Gasteiger partial charge in [0.2, 0.25) is 0 Å². The van der Waals surface area contributed by atoms with E-state index in [2.05, 4.69) is 4.98 Å². The number of nitrogen functional groups attached to an aromatic ring is 1. The van der Waals surface area contributed by atoms with E-state index in [4.69, 9.17) is 15.9 Å². The number of rotatable bonds is 5. The number of non-ortho nitro benzene ring substituents is 1. The maximum atomic E-state index is 10.7. The molecule has 2 aromatic rings. The zero-order valence-electron chi connectivity index (χ0n) is 10.4. The lowest BCUT2D eigenvalue weighted by Gasteiger charge is -2.07. The molecule has 1 aromatic carbocycles. The molecule has 0 aliphatic rings. The van der Waals surface area contributed by atoms with Crippen LogP contribution in [-0.2, 0) is 6.61 Å². The molecule has 2 rings (SSSR count). The molecule has 0 aliphatic heterocycles. The van der Waals surface area contributed by atoms with Crippen molar-refractivity contribution in [1.82, 2.24) is 4.98 Å². The first-order valence-electron chi connectivity index (χ1n) is 5.73. The average Bonchev–Trinajstić information content (AvgIpc) is 2.45. The van der Waals surface area contributed by atoms with Crippen LogP contribution in [0.2, 0.25) is 0 Å². The normalized spacial score (nSPS) is 10.0. The highest BCUT2D eigenvalue weighted by Crippen LogP contribution is 2.20. The first kappa shape index (κ1) is 13.5. The van der Waals surface area contributed by atoms with Gasteiger partial charge in [0.05, 0.1) is 11.0 Å². The van der Waals surface area contributed by atoms with E-state index >= 15 is 0 Å². The summed E-state index contributed by atoms with van der Waals surface area (Å²) in [6, 6.07) is 9.31. The maximum absolute atomic E-state index is 10.7. The Hall–Kier alpha value is -2.96. The molecule has 3 N–H and O–H groups in total. The molecule has 1 heterocycles. The predicted octanol–water partition coefficient (Wildman–Crippen LogP) is 1.85. The van der Waals surface area contributed by atoms with Crippen LogP contribution in [0.15, 0.2) is 42.6 Å². The van der Waals surface area contributed by atoms with Gasteiger partial charge < -0.3 is 10.5 Å². The summed E-state index contributed by atoms with van der Waals surface area (Å²) >= 11 is 0. The summed E-state index contributed by atoms with van der Waals surface area (Å²) in [6.07, 6.45) is 1.53. The van der Waals surface area contributed by atoms with Crippen molar-refractivity contribution in [2.24, 2.45) is 5.73 Å². The summed E-state index contributed by atoms with van der Waals surface area (Å²) in [4.78, 5) is 14.1. The molecule has 0 atom stereocenters. The van der Waals surface area contributed by atoms with E-state index in [1.807, 2.05) is 0 Å². The molecule has 0 unspecified atom stereocenters. The molecule has 7 heteroatoms. The van der Waals surface area contributed by atoms with Crippen molar-refractivity contribution in [3.05, 3.63) is 64.0 Å². The topological polar surface area (TPSA) is 115 Å². The summed E-state index contributed by atoms with van der Waals surface area (Å²) in [7, 11) is 0. The Balaban J connectivity index is 2.08. The van der Waals surface area contributed by atoms with Gasteiger partial charge in [0.1, 0.15) is 23.9 Å². The zero-order chi connectivity index (χ0) is 14.5. The Morgan fingerprint density at radius 1 is 1.40 bits per heavy atom. The lowest BCUT2D eigenvalue weighted by atomic mass is 10.2. The van der Waals surface area contributed by atoms with Gasteiger partial charge in [-0.25, -0.2) is 0 Å². The fraction of sp³-hybridized carbons (Fsp3) is 0.0769. The highest BCUT2D eigenvalue weighted by Gasteiger charge is 2.07. The molecule has 0 radical (unpaired) electrons.